The minimum absolute atomic E-state index is 0.0565. The molecule has 1 aliphatic heterocycles. The molecule has 1 fully saturated rings. The van der Waals surface area contributed by atoms with Gasteiger partial charge in [0.1, 0.15) is 11.2 Å². The third-order valence-electron chi connectivity index (χ3n) is 7.66. The van der Waals surface area contributed by atoms with Crippen LogP contribution >= 0.6 is 0 Å². The summed E-state index contributed by atoms with van der Waals surface area (Å²) >= 11 is 0. The Morgan fingerprint density at radius 2 is 1.74 bits per heavy atom. The minimum atomic E-state index is -0.990. The average molecular weight is 465 g/mol. The Morgan fingerprint density at radius 3 is 2.38 bits per heavy atom. The van der Waals surface area contributed by atoms with Crippen molar-refractivity contribution in [2.45, 2.75) is 103 Å². The maximum Gasteiger partial charge on any atom is 0.273 e. The predicted octanol–water partition coefficient (Wildman–Crippen LogP) is 5.25. The molecule has 0 unspecified atom stereocenters. The highest BCUT2D eigenvalue weighted by Gasteiger charge is 2.48. The highest BCUT2D eigenvalue weighted by molar-refractivity contribution is 5.99. The van der Waals surface area contributed by atoms with E-state index in [2.05, 4.69) is 38.2 Å². The number of carbonyl (C=O) groups excluding carboxylic acids is 2. The number of fused-ring (bicyclic) bond motifs is 1. The smallest absolute Gasteiger partial charge is 0.273 e. The molecule has 1 aliphatic carbocycles. The van der Waals surface area contributed by atoms with Gasteiger partial charge in [0, 0.05) is 12.6 Å². The van der Waals surface area contributed by atoms with E-state index in [1.807, 2.05) is 36.1 Å². The molecule has 0 bridgehead atoms. The fourth-order valence-electron chi connectivity index (χ4n) is 5.33. The first-order valence-electron chi connectivity index (χ1n) is 13.0. The molecular formula is C28H40N4O2. The van der Waals surface area contributed by atoms with E-state index in [0.717, 1.165) is 31.4 Å². The highest BCUT2D eigenvalue weighted by Crippen LogP contribution is 2.32. The number of rotatable bonds is 6. The monoisotopic (exact) mass is 464 g/mol. The van der Waals surface area contributed by atoms with Crippen molar-refractivity contribution in [1.29, 1.82) is 0 Å². The SMILES string of the molecule is CC(C)c1cc2n(n1)C[C@](C)(C(=O)NC1CCCCCCC1)N(C[C@@H](C)c1ccccc1)C2=O. The fourth-order valence-corrected chi connectivity index (χ4v) is 5.33. The van der Waals surface area contributed by atoms with Crippen molar-refractivity contribution < 1.29 is 9.59 Å². The summed E-state index contributed by atoms with van der Waals surface area (Å²) in [6, 6.07) is 12.3. The van der Waals surface area contributed by atoms with Crippen molar-refractivity contribution in [3.63, 3.8) is 0 Å². The average Bonchev–Trinajstić information content (AvgIpc) is 3.23. The summed E-state index contributed by atoms with van der Waals surface area (Å²) in [6.45, 7) is 9.06. The molecule has 6 heteroatoms. The van der Waals surface area contributed by atoms with Crippen molar-refractivity contribution in [3.05, 3.63) is 53.3 Å². The Balaban J connectivity index is 1.64. The molecular weight excluding hydrogens is 424 g/mol. The number of hydrogen-bond donors (Lipinski definition) is 1. The summed E-state index contributed by atoms with van der Waals surface area (Å²) in [7, 11) is 0. The van der Waals surface area contributed by atoms with Crippen LogP contribution in [0.1, 0.15) is 106 Å². The Labute approximate surface area is 204 Å². The van der Waals surface area contributed by atoms with Crippen LogP contribution in [0.3, 0.4) is 0 Å². The van der Waals surface area contributed by atoms with Crippen LogP contribution < -0.4 is 5.32 Å². The number of hydrogen-bond acceptors (Lipinski definition) is 3. The number of benzene rings is 1. The molecule has 2 aliphatic rings. The molecule has 2 atom stereocenters. The van der Waals surface area contributed by atoms with E-state index in [1.165, 1.54) is 24.8 Å². The minimum Gasteiger partial charge on any atom is -0.351 e. The lowest BCUT2D eigenvalue weighted by Crippen LogP contribution is -2.65. The molecule has 184 valence electrons. The Morgan fingerprint density at radius 1 is 1.09 bits per heavy atom. The Hall–Kier alpha value is -2.63. The third-order valence-corrected chi connectivity index (χ3v) is 7.66. The first kappa shape index (κ1) is 24.5. The molecule has 2 aromatic rings. The lowest BCUT2D eigenvalue weighted by Gasteiger charge is -2.45. The molecule has 1 N–H and O–H groups in total. The summed E-state index contributed by atoms with van der Waals surface area (Å²) in [5.74, 6) is 0.165. The number of nitrogens with zero attached hydrogens (tertiary/aromatic N) is 3. The van der Waals surface area contributed by atoms with Crippen molar-refractivity contribution in [3.8, 4) is 0 Å². The van der Waals surface area contributed by atoms with Crippen molar-refractivity contribution in [1.82, 2.24) is 20.0 Å². The molecule has 1 aromatic heterocycles. The number of aromatic nitrogens is 2. The molecule has 1 saturated carbocycles. The van der Waals surface area contributed by atoms with Gasteiger partial charge in [0.15, 0.2) is 0 Å². The highest BCUT2D eigenvalue weighted by atomic mass is 16.2. The van der Waals surface area contributed by atoms with Crippen LogP contribution in [0.25, 0.3) is 0 Å². The summed E-state index contributed by atoms with van der Waals surface area (Å²) in [5.41, 5.74) is 1.65. The second-order valence-corrected chi connectivity index (χ2v) is 10.8. The quantitative estimate of drug-likeness (QED) is 0.635. The predicted molar refractivity (Wildman–Crippen MR) is 135 cm³/mol. The summed E-state index contributed by atoms with van der Waals surface area (Å²) in [6.07, 6.45) is 8.08. The molecule has 1 aromatic carbocycles. The van der Waals surface area contributed by atoms with Gasteiger partial charge >= 0.3 is 0 Å². The van der Waals surface area contributed by atoms with Crippen molar-refractivity contribution in [2.75, 3.05) is 6.54 Å². The van der Waals surface area contributed by atoms with Gasteiger partial charge in [0.05, 0.1) is 12.2 Å². The third kappa shape index (κ3) is 5.06. The molecule has 0 saturated heterocycles. The van der Waals surface area contributed by atoms with Gasteiger partial charge in [0.2, 0.25) is 5.91 Å². The Bertz CT molecular complexity index is 991. The van der Waals surface area contributed by atoms with Crippen LogP contribution in [-0.2, 0) is 11.3 Å². The van der Waals surface area contributed by atoms with Crippen LogP contribution in [-0.4, -0.2) is 44.6 Å². The van der Waals surface area contributed by atoms with Gasteiger partial charge in [-0.3, -0.25) is 14.3 Å². The zero-order valence-corrected chi connectivity index (χ0v) is 21.2. The van der Waals surface area contributed by atoms with Crippen LogP contribution in [0.4, 0.5) is 0 Å². The topological polar surface area (TPSA) is 67.2 Å². The van der Waals surface area contributed by atoms with Crippen LogP contribution in [0.15, 0.2) is 36.4 Å². The van der Waals surface area contributed by atoms with E-state index in [0.29, 0.717) is 18.8 Å². The number of nitrogens with one attached hydrogen (secondary N) is 1. The van der Waals surface area contributed by atoms with Gasteiger partial charge in [-0.1, -0.05) is 83.2 Å². The maximum absolute atomic E-state index is 13.9. The zero-order valence-electron chi connectivity index (χ0n) is 21.2. The van der Waals surface area contributed by atoms with Gasteiger partial charge in [-0.05, 0) is 43.2 Å². The fraction of sp³-hybridized carbons (Fsp3) is 0.607. The molecule has 4 rings (SSSR count). The van der Waals surface area contributed by atoms with Gasteiger partial charge < -0.3 is 10.2 Å². The molecule has 2 heterocycles. The first-order valence-corrected chi connectivity index (χ1v) is 13.0. The summed E-state index contributed by atoms with van der Waals surface area (Å²) in [4.78, 5) is 29.5. The van der Waals surface area contributed by atoms with Crippen LogP contribution in [0.2, 0.25) is 0 Å². The van der Waals surface area contributed by atoms with Gasteiger partial charge in [0.25, 0.3) is 5.91 Å². The van der Waals surface area contributed by atoms with E-state index >= 15 is 0 Å². The largest absolute Gasteiger partial charge is 0.351 e. The summed E-state index contributed by atoms with van der Waals surface area (Å²) in [5, 5.41) is 8.06. The van der Waals surface area contributed by atoms with Crippen molar-refractivity contribution in [2.24, 2.45) is 0 Å². The van der Waals surface area contributed by atoms with Crippen LogP contribution in [0, 0.1) is 0 Å². The van der Waals surface area contributed by atoms with E-state index < -0.39 is 5.54 Å². The maximum atomic E-state index is 13.9. The molecule has 34 heavy (non-hydrogen) atoms. The second-order valence-electron chi connectivity index (χ2n) is 10.8. The Kier molecular flexibility index (Phi) is 7.44. The molecule has 0 spiro atoms. The van der Waals surface area contributed by atoms with Gasteiger partial charge in [-0.25, -0.2) is 0 Å². The molecule has 2 amide bonds. The van der Waals surface area contributed by atoms with Gasteiger partial charge in [-0.15, -0.1) is 0 Å². The number of amides is 2. The summed E-state index contributed by atoms with van der Waals surface area (Å²) < 4.78 is 1.76. The van der Waals surface area contributed by atoms with E-state index in [1.54, 1.807) is 4.68 Å². The van der Waals surface area contributed by atoms with E-state index in [4.69, 9.17) is 5.10 Å². The van der Waals surface area contributed by atoms with Crippen LogP contribution in [0.5, 0.6) is 0 Å². The van der Waals surface area contributed by atoms with E-state index in [-0.39, 0.29) is 29.7 Å². The standard InChI is InChI=1S/C28H40N4O2/c1-20(2)24-17-25-26(33)31(18-21(3)22-13-9-8-10-14-22)28(4,19-32(25)30-24)27(34)29-23-15-11-6-5-7-12-16-23/h8-10,13-14,17,20-21,23H,5-7,11-12,15-16,18-19H2,1-4H3,(H,29,34)/t21-,28-/m1/s1. The lowest BCUT2D eigenvalue weighted by molar-refractivity contribution is -0.134. The number of carbonyl (C=O) groups is 2. The molecule has 0 radical (unpaired) electrons. The zero-order chi connectivity index (χ0) is 24.3. The van der Waals surface area contributed by atoms with Gasteiger partial charge in [-0.2, -0.15) is 5.10 Å². The lowest BCUT2D eigenvalue weighted by atomic mass is 9.90. The molecule has 6 nitrogen and oxygen atoms in total. The normalized spacial score (nSPS) is 22.7. The van der Waals surface area contributed by atoms with E-state index in [9.17, 15) is 9.59 Å². The second kappa shape index (κ2) is 10.3. The first-order chi connectivity index (χ1) is 16.3. The van der Waals surface area contributed by atoms with Crippen molar-refractivity contribution >= 4 is 11.8 Å².